The third-order valence-electron chi connectivity index (χ3n) is 3.90. The zero-order valence-electron chi connectivity index (χ0n) is 11.6. The Morgan fingerprint density at radius 1 is 1.17 bits per heavy atom. The molecule has 0 saturated heterocycles. The van der Waals surface area contributed by atoms with E-state index in [2.05, 4.69) is 13.0 Å². The Bertz CT molecular complexity index is 392. The van der Waals surface area contributed by atoms with Crippen molar-refractivity contribution < 1.29 is 4.74 Å². The maximum atomic E-state index is 6.21. The van der Waals surface area contributed by atoms with E-state index < -0.39 is 0 Å². The average Bonchev–Trinajstić information content (AvgIpc) is 3.02. The molecule has 0 aromatic heterocycles. The van der Waals surface area contributed by atoms with Gasteiger partial charge in [0.15, 0.2) is 0 Å². The molecule has 18 heavy (non-hydrogen) atoms. The number of hydrogen-bond acceptors (Lipinski definition) is 1. The van der Waals surface area contributed by atoms with Crippen LogP contribution in [-0.2, 0) is 6.42 Å². The van der Waals surface area contributed by atoms with Crippen molar-refractivity contribution in [3.8, 4) is 5.75 Å². The molecule has 2 saturated carbocycles. The Balaban J connectivity index is 0.000000574. The molecule has 0 aliphatic heterocycles. The summed E-state index contributed by atoms with van der Waals surface area (Å²) < 4.78 is 5.97. The van der Waals surface area contributed by atoms with Gasteiger partial charge in [0.25, 0.3) is 0 Å². The van der Waals surface area contributed by atoms with Gasteiger partial charge < -0.3 is 4.74 Å². The maximum absolute atomic E-state index is 6.21. The quantitative estimate of drug-likeness (QED) is 0.739. The second-order valence-electron chi connectivity index (χ2n) is 5.09. The van der Waals surface area contributed by atoms with Gasteiger partial charge in [-0.3, -0.25) is 0 Å². The molecular weight excluding hydrogens is 244 g/mol. The minimum atomic E-state index is 0.411. The lowest BCUT2D eigenvalue weighted by atomic mass is 10.1. The van der Waals surface area contributed by atoms with Crippen molar-refractivity contribution in [3.05, 3.63) is 28.8 Å². The second-order valence-corrected chi connectivity index (χ2v) is 5.49. The van der Waals surface area contributed by atoms with Crippen molar-refractivity contribution in [1.29, 1.82) is 0 Å². The summed E-state index contributed by atoms with van der Waals surface area (Å²) in [5.41, 5.74) is 1.27. The lowest BCUT2D eigenvalue weighted by Crippen LogP contribution is -2.13. The average molecular weight is 267 g/mol. The molecule has 2 atom stereocenters. The zero-order valence-corrected chi connectivity index (χ0v) is 12.3. The molecule has 0 spiro atoms. The van der Waals surface area contributed by atoms with E-state index in [9.17, 15) is 0 Å². The van der Waals surface area contributed by atoms with Gasteiger partial charge in [-0.05, 0) is 55.2 Å². The Labute approximate surface area is 115 Å². The lowest BCUT2D eigenvalue weighted by Gasteiger charge is -2.16. The van der Waals surface area contributed by atoms with Crippen LogP contribution in [0.3, 0.4) is 0 Å². The smallest absolute Gasteiger partial charge is 0.138 e. The van der Waals surface area contributed by atoms with Gasteiger partial charge in [0, 0.05) is 0 Å². The van der Waals surface area contributed by atoms with Gasteiger partial charge in [0.2, 0.25) is 0 Å². The van der Waals surface area contributed by atoms with E-state index in [1.807, 2.05) is 26.0 Å². The van der Waals surface area contributed by atoms with Crippen molar-refractivity contribution in [2.75, 3.05) is 0 Å². The van der Waals surface area contributed by atoms with Crippen LogP contribution in [0.1, 0.15) is 45.6 Å². The summed E-state index contributed by atoms with van der Waals surface area (Å²) >= 11 is 6.21. The highest BCUT2D eigenvalue weighted by molar-refractivity contribution is 6.32. The van der Waals surface area contributed by atoms with Gasteiger partial charge in [-0.25, -0.2) is 0 Å². The summed E-state index contributed by atoms with van der Waals surface area (Å²) in [6.45, 7) is 6.14. The largest absolute Gasteiger partial charge is 0.489 e. The van der Waals surface area contributed by atoms with E-state index in [4.69, 9.17) is 16.3 Å². The minimum Gasteiger partial charge on any atom is -0.489 e. The van der Waals surface area contributed by atoms with Crippen LogP contribution in [0, 0.1) is 11.8 Å². The highest BCUT2D eigenvalue weighted by Crippen LogP contribution is 2.52. The Hall–Kier alpha value is -0.690. The van der Waals surface area contributed by atoms with Crippen molar-refractivity contribution in [1.82, 2.24) is 0 Å². The number of aryl methyl sites for hydroxylation is 1. The predicted octanol–water partition coefficient (Wildman–Crippen LogP) is 5.11. The van der Waals surface area contributed by atoms with Crippen LogP contribution in [0.5, 0.6) is 5.75 Å². The highest BCUT2D eigenvalue weighted by Gasteiger charge is 2.46. The molecule has 0 radical (unpaired) electrons. The first-order valence-corrected chi connectivity index (χ1v) is 7.59. The number of fused-ring (bicyclic) bond motifs is 1. The molecule has 1 aromatic rings. The summed E-state index contributed by atoms with van der Waals surface area (Å²) in [5, 5.41) is 0.764. The van der Waals surface area contributed by atoms with Crippen molar-refractivity contribution in [2.24, 2.45) is 11.8 Å². The molecule has 0 bridgehead atoms. The van der Waals surface area contributed by atoms with Gasteiger partial charge in [-0.1, -0.05) is 38.4 Å². The van der Waals surface area contributed by atoms with Crippen molar-refractivity contribution in [3.63, 3.8) is 0 Å². The van der Waals surface area contributed by atoms with Gasteiger partial charge in [-0.2, -0.15) is 0 Å². The van der Waals surface area contributed by atoms with Crippen LogP contribution in [0.25, 0.3) is 0 Å². The molecule has 0 amide bonds. The lowest BCUT2D eigenvalue weighted by molar-refractivity contribution is 0.194. The van der Waals surface area contributed by atoms with E-state index >= 15 is 0 Å². The normalized spacial score (nSPS) is 28.1. The number of hydrogen-bond donors (Lipinski definition) is 0. The molecule has 1 nitrogen and oxygen atoms in total. The summed E-state index contributed by atoms with van der Waals surface area (Å²) in [4.78, 5) is 0. The maximum Gasteiger partial charge on any atom is 0.138 e. The van der Waals surface area contributed by atoms with Crippen molar-refractivity contribution >= 4 is 11.6 Å². The summed E-state index contributed by atoms with van der Waals surface area (Å²) in [6.07, 6.45) is 5.33. The molecule has 0 N–H and O–H groups in total. The zero-order chi connectivity index (χ0) is 13.1. The van der Waals surface area contributed by atoms with Crippen LogP contribution < -0.4 is 4.74 Å². The first-order valence-electron chi connectivity index (χ1n) is 7.21. The molecule has 1 aromatic carbocycles. The first-order chi connectivity index (χ1) is 8.76. The summed E-state index contributed by atoms with van der Waals surface area (Å²) in [7, 11) is 0. The molecule has 100 valence electrons. The third kappa shape index (κ3) is 3.00. The van der Waals surface area contributed by atoms with E-state index in [1.165, 1.54) is 24.8 Å². The second kappa shape index (κ2) is 5.97. The fourth-order valence-electron chi connectivity index (χ4n) is 2.79. The summed E-state index contributed by atoms with van der Waals surface area (Å²) in [6, 6.07) is 6.15. The number of halogens is 1. The van der Waals surface area contributed by atoms with Gasteiger partial charge >= 0.3 is 0 Å². The molecule has 3 rings (SSSR count). The molecular formula is C16H23ClO. The molecule has 2 aliphatic carbocycles. The topological polar surface area (TPSA) is 9.23 Å². The Morgan fingerprint density at radius 3 is 2.39 bits per heavy atom. The van der Waals surface area contributed by atoms with Crippen LogP contribution in [0.15, 0.2) is 18.2 Å². The van der Waals surface area contributed by atoms with E-state index in [0.717, 1.165) is 29.0 Å². The fourth-order valence-corrected chi connectivity index (χ4v) is 3.04. The number of ether oxygens (including phenoxy) is 1. The molecule has 2 fully saturated rings. The molecule has 2 unspecified atom stereocenters. The minimum absolute atomic E-state index is 0.411. The molecule has 2 aliphatic rings. The van der Waals surface area contributed by atoms with E-state index in [0.29, 0.717) is 6.10 Å². The van der Waals surface area contributed by atoms with Crippen LogP contribution in [-0.4, -0.2) is 6.10 Å². The number of benzene rings is 1. The highest BCUT2D eigenvalue weighted by atomic mass is 35.5. The summed E-state index contributed by atoms with van der Waals surface area (Å²) in [5.74, 6) is 2.78. The van der Waals surface area contributed by atoms with Crippen LogP contribution in [0.2, 0.25) is 5.02 Å². The number of rotatable bonds is 3. The monoisotopic (exact) mass is 266 g/mol. The Kier molecular flexibility index (Phi) is 4.55. The van der Waals surface area contributed by atoms with Crippen molar-refractivity contribution in [2.45, 2.75) is 52.6 Å². The van der Waals surface area contributed by atoms with E-state index in [-0.39, 0.29) is 0 Å². The predicted molar refractivity (Wildman–Crippen MR) is 77.4 cm³/mol. The Morgan fingerprint density at radius 2 is 1.83 bits per heavy atom. The molecule has 2 heteroatoms. The third-order valence-corrected chi connectivity index (χ3v) is 4.19. The first kappa shape index (κ1) is 13.7. The fraction of sp³-hybridized carbons (Fsp3) is 0.625. The van der Waals surface area contributed by atoms with E-state index in [1.54, 1.807) is 0 Å². The van der Waals surface area contributed by atoms with Crippen LogP contribution >= 0.6 is 11.6 Å². The molecule has 0 heterocycles. The SMILES string of the molecule is CC.CCc1ccc(OC2CC3CC3C2)c(Cl)c1. The van der Waals surface area contributed by atoms with Gasteiger partial charge in [0.1, 0.15) is 5.75 Å². The van der Waals surface area contributed by atoms with Crippen LogP contribution in [0.4, 0.5) is 0 Å². The van der Waals surface area contributed by atoms with Gasteiger partial charge in [-0.15, -0.1) is 0 Å². The van der Waals surface area contributed by atoms with Gasteiger partial charge in [0.05, 0.1) is 11.1 Å². The standard InChI is InChI=1S/C14H17ClO.C2H6/c1-2-9-3-4-14(13(15)5-9)16-12-7-10-6-11(10)8-12;1-2/h3-5,10-12H,2,6-8H2,1H3;1-2H3.